The van der Waals surface area contributed by atoms with Crippen molar-refractivity contribution in [2.45, 2.75) is 65.0 Å². The van der Waals surface area contributed by atoms with Gasteiger partial charge in [-0.2, -0.15) is 0 Å². The minimum absolute atomic E-state index is 0.156. The van der Waals surface area contributed by atoms with Gasteiger partial charge in [-0.15, -0.1) is 0 Å². The number of nitrogens with zero attached hydrogens (tertiary/aromatic N) is 2. The Morgan fingerprint density at radius 1 is 1.38 bits per heavy atom. The fourth-order valence-corrected chi connectivity index (χ4v) is 3.21. The summed E-state index contributed by atoms with van der Waals surface area (Å²) in [6, 6.07) is 4.56. The van der Waals surface area contributed by atoms with Gasteiger partial charge in [0.05, 0.1) is 0 Å². The molecule has 1 aliphatic rings. The SMILES string of the molecule is CCCc1cc(C(=O)N2C(C)CCC2CC)cc(NC)n1. The Bertz CT molecular complexity index is 501. The van der Waals surface area contributed by atoms with Crippen LogP contribution in [0, 0.1) is 0 Å². The van der Waals surface area contributed by atoms with Gasteiger partial charge in [-0.05, 0) is 44.7 Å². The summed E-state index contributed by atoms with van der Waals surface area (Å²) < 4.78 is 0. The second-order valence-corrected chi connectivity index (χ2v) is 5.93. The summed E-state index contributed by atoms with van der Waals surface area (Å²) in [5.41, 5.74) is 1.76. The van der Waals surface area contributed by atoms with Crippen LogP contribution in [0.1, 0.15) is 62.5 Å². The van der Waals surface area contributed by atoms with E-state index in [2.05, 4.69) is 36.0 Å². The van der Waals surface area contributed by atoms with Crippen LogP contribution in [-0.4, -0.2) is 34.9 Å². The van der Waals surface area contributed by atoms with Crippen molar-refractivity contribution >= 4 is 11.7 Å². The summed E-state index contributed by atoms with van der Waals surface area (Å²) in [6.45, 7) is 6.45. The first-order valence-corrected chi connectivity index (χ1v) is 8.12. The first-order chi connectivity index (χ1) is 10.1. The molecule has 1 aromatic heterocycles. The molecule has 2 heterocycles. The van der Waals surface area contributed by atoms with Gasteiger partial charge in [0.25, 0.3) is 5.91 Å². The third kappa shape index (κ3) is 3.36. The van der Waals surface area contributed by atoms with E-state index in [-0.39, 0.29) is 5.91 Å². The normalized spacial score (nSPS) is 21.6. The zero-order chi connectivity index (χ0) is 15.4. The molecule has 4 heteroatoms. The topological polar surface area (TPSA) is 45.2 Å². The predicted octanol–water partition coefficient (Wildman–Crippen LogP) is 3.48. The number of anilines is 1. The Morgan fingerprint density at radius 2 is 2.14 bits per heavy atom. The predicted molar refractivity (Wildman–Crippen MR) is 86.7 cm³/mol. The number of likely N-dealkylation sites (tertiary alicyclic amines) is 1. The number of rotatable bonds is 5. The zero-order valence-corrected chi connectivity index (χ0v) is 13.6. The molecule has 0 radical (unpaired) electrons. The Kier molecular flexibility index (Phi) is 5.21. The van der Waals surface area contributed by atoms with E-state index in [1.54, 1.807) is 0 Å². The van der Waals surface area contributed by atoms with E-state index in [4.69, 9.17) is 0 Å². The van der Waals surface area contributed by atoms with Gasteiger partial charge in [0.15, 0.2) is 0 Å². The van der Waals surface area contributed by atoms with Gasteiger partial charge >= 0.3 is 0 Å². The largest absolute Gasteiger partial charge is 0.373 e. The molecule has 0 aromatic carbocycles. The Labute approximate surface area is 127 Å². The molecular weight excluding hydrogens is 262 g/mol. The van der Waals surface area contributed by atoms with E-state index in [1.165, 1.54) is 0 Å². The molecule has 116 valence electrons. The third-order valence-electron chi connectivity index (χ3n) is 4.38. The Hall–Kier alpha value is -1.58. The van der Waals surface area contributed by atoms with Crippen molar-refractivity contribution in [1.82, 2.24) is 9.88 Å². The lowest BCUT2D eigenvalue weighted by Gasteiger charge is -2.28. The number of aromatic nitrogens is 1. The average molecular weight is 289 g/mol. The lowest BCUT2D eigenvalue weighted by molar-refractivity contribution is 0.0676. The molecule has 21 heavy (non-hydrogen) atoms. The quantitative estimate of drug-likeness (QED) is 0.902. The standard InChI is InChI=1S/C17H27N3O/c1-5-7-14-10-13(11-16(18-4)19-14)17(21)20-12(3)8-9-15(20)6-2/h10-12,15H,5-9H2,1-4H3,(H,18,19). The molecule has 1 fully saturated rings. The van der Waals surface area contributed by atoms with Crippen LogP contribution in [0.15, 0.2) is 12.1 Å². The average Bonchev–Trinajstić information content (AvgIpc) is 2.87. The van der Waals surface area contributed by atoms with Gasteiger partial charge in [0.1, 0.15) is 5.82 Å². The molecule has 1 aromatic rings. The van der Waals surface area contributed by atoms with Gasteiger partial charge in [0.2, 0.25) is 0 Å². The van der Waals surface area contributed by atoms with Crippen LogP contribution in [0.5, 0.6) is 0 Å². The van der Waals surface area contributed by atoms with E-state index in [1.807, 2.05) is 19.2 Å². The highest BCUT2D eigenvalue weighted by atomic mass is 16.2. The first kappa shape index (κ1) is 15.8. The maximum Gasteiger partial charge on any atom is 0.254 e. The molecule has 1 aliphatic heterocycles. The Morgan fingerprint density at radius 3 is 2.76 bits per heavy atom. The highest BCUT2D eigenvalue weighted by Gasteiger charge is 2.33. The van der Waals surface area contributed by atoms with Crippen molar-refractivity contribution < 1.29 is 4.79 Å². The maximum atomic E-state index is 12.9. The number of carbonyl (C=O) groups is 1. The number of hydrogen-bond acceptors (Lipinski definition) is 3. The van der Waals surface area contributed by atoms with E-state index in [9.17, 15) is 4.79 Å². The van der Waals surface area contributed by atoms with E-state index >= 15 is 0 Å². The molecule has 1 N–H and O–H groups in total. The number of pyridine rings is 1. The fourth-order valence-electron chi connectivity index (χ4n) is 3.21. The highest BCUT2D eigenvalue weighted by Crippen LogP contribution is 2.28. The fraction of sp³-hybridized carbons (Fsp3) is 0.647. The number of carbonyl (C=O) groups excluding carboxylic acids is 1. The molecule has 0 saturated carbocycles. The molecule has 1 saturated heterocycles. The van der Waals surface area contributed by atoms with Crippen molar-refractivity contribution in [3.8, 4) is 0 Å². The number of aryl methyl sites for hydroxylation is 1. The molecule has 4 nitrogen and oxygen atoms in total. The first-order valence-electron chi connectivity index (χ1n) is 8.12. The monoisotopic (exact) mass is 289 g/mol. The molecular formula is C17H27N3O. The van der Waals surface area contributed by atoms with Crippen molar-refractivity contribution in [1.29, 1.82) is 0 Å². The second-order valence-electron chi connectivity index (χ2n) is 5.93. The van der Waals surface area contributed by atoms with Crippen molar-refractivity contribution in [3.63, 3.8) is 0 Å². The van der Waals surface area contributed by atoms with E-state index in [0.29, 0.717) is 12.1 Å². The van der Waals surface area contributed by atoms with Crippen LogP contribution in [-0.2, 0) is 6.42 Å². The minimum Gasteiger partial charge on any atom is -0.373 e. The lowest BCUT2D eigenvalue weighted by Crippen LogP contribution is -2.39. The summed E-state index contributed by atoms with van der Waals surface area (Å²) >= 11 is 0. The number of amides is 1. The van der Waals surface area contributed by atoms with Crippen molar-refractivity contribution in [2.24, 2.45) is 0 Å². The smallest absolute Gasteiger partial charge is 0.254 e. The second kappa shape index (κ2) is 6.92. The van der Waals surface area contributed by atoms with Crippen molar-refractivity contribution in [3.05, 3.63) is 23.4 Å². The summed E-state index contributed by atoms with van der Waals surface area (Å²) in [6.07, 6.45) is 5.20. The maximum absolute atomic E-state index is 12.9. The lowest BCUT2D eigenvalue weighted by atomic mass is 10.1. The molecule has 2 atom stereocenters. The summed E-state index contributed by atoms with van der Waals surface area (Å²) in [7, 11) is 1.85. The van der Waals surface area contributed by atoms with Crippen LogP contribution in [0.25, 0.3) is 0 Å². The molecule has 2 rings (SSSR count). The van der Waals surface area contributed by atoms with Gasteiger partial charge in [-0.1, -0.05) is 20.3 Å². The van der Waals surface area contributed by atoms with Crippen LogP contribution in [0.4, 0.5) is 5.82 Å². The summed E-state index contributed by atoms with van der Waals surface area (Å²) in [5.74, 6) is 0.937. The molecule has 2 unspecified atom stereocenters. The van der Waals surface area contributed by atoms with E-state index < -0.39 is 0 Å². The van der Waals surface area contributed by atoms with Crippen LogP contribution in [0.3, 0.4) is 0 Å². The van der Waals surface area contributed by atoms with Gasteiger partial charge in [-0.3, -0.25) is 4.79 Å². The highest BCUT2D eigenvalue weighted by molar-refractivity contribution is 5.95. The van der Waals surface area contributed by atoms with Gasteiger partial charge in [-0.25, -0.2) is 4.98 Å². The van der Waals surface area contributed by atoms with Crippen LogP contribution < -0.4 is 5.32 Å². The van der Waals surface area contributed by atoms with Crippen LogP contribution in [0.2, 0.25) is 0 Å². The van der Waals surface area contributed by atoms with Gasteiger partial charge < -0.3 is 10.2 Å². The Balaban J connectivity index is 2.31. The molecule has 1 amide bonds. The van der Waals surface area contributed by atoms with E-state index in [0.717, 1.165) is 49.2 Å². The zero-order valence-electron chi connectivity index (χ0n) is 13.6. The van der Waals surface area contributed by atoms with Gasteiger partial charge in [0, 0.05) is 30.4 Å². The summed E-state index contributed by atoms with van der Waals surface area (Å²) in [4.78, 5) is 19.5. The minimum atomic E-state index is 0.156. The molecule has 0 spiro atoms. The molecule has 0 bridgehead atoms. The number of nitrogens with one attached hydrogen (secondary N) is 1. The van der Waals surface area contributed by atoms with Crippen molar-refractivity contribution in [2.75, 3.05) is 12.4 Å². The number of hydrogen-bond donors (Lipinski definition) is 1. The van der Waals surface area contributed by atoms with Crippen LogP contribution >= 0.6 is 0 Å². The third-order valence-corrected chi connectivity index (χ3v) is 4.38. The summed E-state index contributed by atoms with van der Waals surface area (Å²) in [5, 5.41) is 3.07. The molecule has 0 aliphatic carbocycles.